The van der Waals surface area contributed by atoms with Gasteiger partial charge in [-0.3, -0.25) is 0 Å². The van der Waals surface area contributed by atoms with Gasteiger partial charge in [0.2, 0.25) is 0 Å². The standard InChI is InChI=1S/C15H15ClFNO/c1-2-11-7-13(3-4-15(11)16)19-14-6-10(9-18)5-12(17)8-14/h3-8H,2,9,18H2,1H3. The summed E-state index contributed by atoms with van der Waals surface area (Å²) in [7, 11) is 0. The Morgan fingerprint density at radius 1 is 1.16 bits per heavy atom. The average molecular weight is 280 g/mol. The minimum Gasteiger partial charge on any atom is -0.457 e. The number of aryl methyl sites for hydroxylation is 1. The number of ether oxygens (including phenoxy) is 1. The van der Waals surface area contributed by atoms with Crippen LogP contribution >= 0.6 is 11.6 Å². The van der Waals surface area contributed by atoms with Gasteiger partial charge in [-0.2, -0.15) is 0 Å². The lowest BCUT2D eigenvalue weighted by Gasteiger charge is -2.09. The molecule has 2 aromatic carbocycles. The van der Waals surface area contributed by atoms with Crippen LogP contribution in [0.15, 0.2) is 36.4 Å². The van der Waals surface area contributed by atoms with Crippen LogP contribution in [0.2, 0.25) is 5.02 Å². The molecule has 0 aliphatic carbocycles. The van der Waals surface area contributed by atoms with E-state index in [1.54, 1.807) is 18.2 Å². The van der Waals surface area contributed by atoms with Crippen molar-refractivity contribution in [3.05, 3.63) is 58.4 Å². The van der Waals surface area contributed by atoms with Crippen LogP contribution in [0.5, 0.6) is 11.5 Å². The van der Waals surface area contributed by atoms with Gasteiger partial charge in [-0.1, -0.05) is 18.5 Å². The van der Waals surface area contributed by atoms with E-state index in [0.717, 1.165) is 12.0 Å². The number of benzene rings is 2. The van der Waals surface area contributed by atoms with E-state index in [0.29, 0.717) is 22.1 Å². The lowest BCUT2D eigenvalue weighted by molar-refractivity contribution is 0.475. The number of nitrogens with two attached hydrogens (primary N) is 1. The Morgan fingerprint density at radius 3 is 2.63 bits per heavy atom. The third kappa shape index (κ3) is 3.46. The quantitative estimate of drug-likeness (QED) is 0.906. The Labute approximate surface area is 117 Å². The van der Waals surface area contributed by atoms with Gasteiger partial charge in [0.1, 0.15) is 17.3 Å². The molecule has 0 amide bonds. The van der Waals surface area contributed by atoms with Crippen LogP contribution in [-0.2, 0) is 13.0 Å². The molecule has 0 saturated carbocycles. The molecule has 0 aliphatic heterocycles. The normalized spacial score (nSPS) is 10.5. The summed E-state index contributed by atoms with van der Waals surface area (Å²) in [6.45, 7) is 2.29. The SMILES string of the molecule is CCc1cc(Oc2cc(F)cc(CN)c2)ccc1Cl. The summed E-state index contributed by atoms with van der Waals surface area (Å²) in [5.41, 5.74) is 7.20. The molecule has 0 saturated heterocycles. The topological polar surface area (TPSA) is 35.2 Å². The summed E-state index contributed by atoms with van der Waals surface area (Å²) in [4.78, 5) is 0. The van der Waals surface area contributed by atoms with Gasteiger partial charge in [0.15, 0.2) is 0 Å². The maximum Gasteiger partial charge on any atom is 0.130 e. The number of rotatable bonds is 4. The number of hydrogen-bond donors (Lipinski definition) is 1. The van der Waals surface area contributed by atoms with E-state index in [4.69, 9.17) is 22.1 Å². The fourth-order valence-electron chi connectivity index (χ4n) is 1.82. The minimum absolute atomic E-state index is 0.273. The maximum atomic E-state index is 13.4. The molecule has 2 N–H and O–H groups in total. The summed E-state index contributed by atoms with van der Waals surface area (Å²) in [6.07, 6.45) is 0.813. The van der Waals surface area contributed by atoms with E-state index < -0.39 is 0 Å². The Kier molecular flexibility index (Phi) is 4.40. The predicted molar refractivity (Wildman–Crippen MR) is 75.2 cm³/mol. The van der Waals surface area contributed by atoms with Crippen LogP contribution < -0.4 is 10.5 Å². The Bertz CT molecular complexity index is 586. The van der Waals surface area contributed by atoms with Crippen molar-refractivity contribution in [3.63, 3.8) is 0 Å². The van der Waals surface area contributed by atoms with Gasteiger partial charge in [0, 0.05) is 17.6 Å². The predicted octanol–water partition coefficient (Wildman–Crippen LogP) is 4.29. The van der Waals surface area contributed by atoms with E-state index in [1.165, 1.54) is 12.1 Å². The lowest BCUT2D eigenvalue weighted by atomic mass is 10.1. The van der Waals surface area contributed by atoms with Crippen molar-refractivity contribution in [2.45, 2.75) is 19.9 Å². The van der Waals surface area contributed by atoms with Crippen molar-refractivity contribution in [1.29, 1.82) is 0 Å². The van der Waals surface area contributed by atoms with Crippen molar-refractivity contribution in [1.82, 2.24) is 0 Å². The molecule has 19 heavy (non-hydrogen) atoms. The van der Waals surface area contributed by atoms with Crippen LogP contribution in [0.25, 0.3) is 0 Å². The van der Waals surface area contributed by atoms with E-state index in [1.807, 2.05) is 13.0 Å². The summed E-state index contributed by atoms with van der Waals surface area (Å²) in [5, 5.41) is 0.705. The van der Waals surface area contributed by atoms with E-state index in [2.05, 4.69) is 0 Å². The van der Waals surface area contributed by atoms with Crippen molar-refractivity contribution in [2.24, 2.45) is 5.73 Å². The monoisotopic (exact) mass is 279 g/mol. The second-order valence-corrected chi connectivity index (χ2v) is 4.62. The molecule has 2 rings (SSSR count). The summed E-state index contributed by atoms with van der Waals surface area (Å²) in [6, 6.07) is 9.84. The second kappa shape index (κ2) is 6.04. The molecule has 0 fully saturated rings. The number of hydrogen-bond acceptors (Lipinski definition) is 2. The molecular weight excluding hydrogens is 265 g/mol. The summed E-state index contributed by atoms with van der Waals surface area (Å²) < 4.78 is 19.0. The van der Waals surface area contributed by atoms with E-state index in [-0.39, 0.29) is 12.4 Å². The highest BCUT2D eigenvalue weighted by molar-refractivity contribution is 6.31. The Balaban J connectivity index is 2.28. The highest BCUT2D eigenvalue weighted by Gasteiger charge is 2.05. The molecule has 0 spiro atoms. The van der Waals surface area contributed by atoms with Crippen LogP contribution in [-0.4, -0.2) is 0 Å². The van der Waals surface area contributed by atoms with E-state index in [9.17, 15) is 4.39 Å². The van der Waals surface area contributed by atoms with E-state index >= 15 is 0 Å². The molecule has 4 heteroatoms. The zero-order valence-corrected chi connectivity index (χ0v) is 11.4. The Morgan fingerprint density at radius 2 is 1.95 bits per heavy atom. The van der Waals surface area contributed by atoms with Gasteiger partial charge in [-0.25, -0.2) is 4.39 Å². The van der Waals surface area contributed by atoms with Gasteiger partial charge in [-0.05, 0) is 47.9 Å². The molecule has 0 aliphatic rings. The van der Waals surface area contributed by atoms with Crippen LogP contribution in [0, 0.1) is 5.82 Å². The smallest absolute Gasteiger partial charge is 0.130 e. The van der Waals surface area contributed by atoms with Gasteiger partial charge in [0.05, 0.1) is 0 Å². The molecular formula is C15H15ClFNO. The largest absolute Gasteiger partial charge is 0.457 e. The first kappa shape index (κ1) is 13.8. The molecule has 0 aromatic heterocycles. The highest BCUT2D eigenvalue weighted by atomic mass is 35.5. The fourth-order valence-corrected chi connectivity index (χ4v) is 2.07. The Hall–Kier alpha value is -1.58. The third-order valence-electron chi connectivity index (χ3n) is 2.80. The molecule has 0 atom stereocenters. The minimum atomic E-state index is -0.359. The van der Waals surface area contributed by atoms with Gasteiger partial charge in [-0.15, -0.1) is 0 Å². The van der Waals surface area contributed by atoms with Gasteiger partial charge < -0.3 is 10.5 Å². The van der Waals surface area contributed by atoms with Crippen molar-refractivity contribution in [3.8, 4) is 11.5 Å². The first-order valence-electron chi connectivity index (χ1n) is 6.08. The third-order valence-corrected chi connectivity index (χ3v) is 3.17. The molecule has 0 bridgehead atoms. The first-order valence-corrected chi connectivity index (χ1v) is 6.46. The van der Waals surface area contributed by atoms with Crippen LogP contribution in [0.4, 0.5) is 4.39 Å². The average Bonchev–Trinajstić information content (AvgIpc) is 2.40. The zero-order chi connectivity index (χ0) is 13.8. The maximum absolute atomic E-state index is 13.4. The molecule has 100 valence electrons. The highest BCUT2D eigenvalue weighted by Crippen LogP contribution is 2.27. The second-order valence-electron chi connectivity index (χ2n) is 4.21. The summed E-state index contributed by atoms with van der Waals surface area (Å²) in [5.74, 6) is 0.710. The molecule has 0 heterocycles. The summed E-state index contributed by atoms with van der Waals surface area (Å²) >= 11 is 6.04. The first-order chi connectivity index (χ1) is 9.12. The van der Waals surface area contributed by atoms with Gasteiger partial charge in [0.25, 0.3) is 0 Å². The van der Waals surface area contributed by atoms with Crippen molar-refractivity contribution < 1.29 is 9.13 Å². The van der Waals surface area contributed by atoms with Gasteiger partial charge >= 0.3 is 0 Å². The molecule has 2 aromatic rings. The molecule has 0 radical (unpaired) electrons. The zero-order valence-electron chi connectivity index (χ0n) is 10.6. The van der Waals surface area contributed by atoms with Crippen LogP contribution in [0.3, 0.4) is 0 Å². The fraction of sp³-hybridized carbons (Fsp3) is 0.200. The number of halogens is 2. The van der Waals surface area contributed by atoms with Crippen LogP contribution in [0.1, 0.15) is 18.1 Å². The molecule has 0 unspecified atom stereocenters. The van der Waals surface area contributed by atoms with Crippen molar-refractivity contribution >= 4 is 11.6 Å². The van der Waals surface area contributed by atoms with Crippen molar-refractivity contribution in [2.75, 3.05) is 0 Å². The lowest BCUT2D eigenvalue weighted by Crippen LogP contribution is -1.97. The molecule has 2 nitrogen and oxygen atoms in total.